The number of aromatic nitrogens is 2. The normalized spacial score (nSPS) is 19.2. The van der Waals surface area contributed by atoms with E-state index in [1.807, 2.05) is 0 Å². The van der Waals surface area contributed by atoms with Gasteiger partial charge in [0.2, 0.25) is 0 Å². The number of ether oxygens (including phenoxy) is 1. The van der Waals surface area contributed by atoms with E-state index in [4.69, 9.17) is 9.84 Å². The molecular weight excluding hydrogens is 252 g/mol. The molecule has 0 spiro atoms. The van der Waals surface area contributed by atoms with Gasteiger partial charge in [-0.3, -0.25) is 9.48 Å². The number of rotatable bonds is 3. The lowest BCUT2D eigenvalue weighted by molar-refractivity contribution is -0.139. The zero-order chi connectivity index (χ0) is 13.8. The second-order valence-corrected chi connectivity index (χ2v) is 4.35. The molecule has 1 atom stereocenters. The summed E-state index contributed by atoms with van der Waals surface area (Å²) in [5.74, 6) is -0.949. The van der Waals surface area contributed by atoms with Crippen LogP contribution in [0.2, 0.25) is 0 Å². The third-order valence-corrected chi connectivity index (χ3v) is 2.85. The predicted molar refractivity (Wildman–Crippen MR) is 65.8 cm³/mol. The van der Waals surface area contributed by atoms with Crippen LogP contribution in [-0.2, 0) is 16.6 Å². The topological polar surface area (TPSA) is 96.7 Å². The van der Waals surface area contributed by atoms with E-state index < -0.39 is 12.0 Å². The molecule has 1 aromatic heterocycles. The van der Waals surface area contributed by atoms with Gasteiger partial charge >= 0.3 is 12.0 Å². The van der Waals surface area contributed by atoms with Crippen LogP contribution in [0.5, 0.6) is 0 Å². The van der Waals surface area contributed by atoms with Gasteiger partial charge < -0.3 is 20.1 Å². The molecule has 19 heavy (non-hydrogen) atoms. The van der Waals surface area contributed by atoms with Crippen LogP contribution in [0, 0.1) is 0 Å². The summed E-state index contributed by atoms with van der Waals surface area (Å²) in [6.45, 7) is 1.04. The highest BCUT2D eigenvalue weighted by Crippen LogP contribution is 2.13. The van der Waals surface area contributed by atoms with E-state index in [1.165, 1.54) is 11.1 Å². The number of carboxylic acids is 1. The lowest BCUT2D eigenvalue weighted by atomic mass is 10.1. The van der Waals surface area contributed by atoms with Crippen LogP contribution in [0.15, 0.2) is 12.4 Å². The Kier molecular flexibility index (Phi) is 4.00. The first-order valence-corrected chi connectivity index (χ1v) is 5.92. The van der Waals surface area contributed by atoms with Crippen molar-refractivity contribution in [1.82, 2.24) is 14.7 Å². The number of hydrogen-bond acceptors (Lipinski definition) is 4. The number of nitrogens with zero attached hydrogens (tertiary/aromatic N) is 3. The van der Waals surface area contributed by atoms with E-state index in [0.717, 1.165) is 0 Å². The number of morpholine rings is 1. The summed E-state index contributed by atoms with van der Waals surface area (Å²) in [6.07, 6.45) is 3.08. The first-order chi connectivity index (χ1) is 9.06. The van der Waals surface area contributed by atoms with E-state index in [0.29, 0.717) is 18.8 Å². The second kappa shape index (κ2) is 5.70. The number of urea groups is 1. The Balaban J connectivity index is 2.00. The summed E-state index contributed by atoms with van der Waals surface area (Å²) < 4.78 is 6.79. The summed E-state index contributed by atoms with van der Waals surface area (Å²) in [5, 5.41) is 15.5. The minimum absolute atomic E-state index is 0.125. The molecule has 0 saturated carbocycles. The predicted octanol–water partition coefficient (Wildman–Crippen LogP) is 0.127. The minimum atomic E-state index is -0.949. The molecule has 1 saturated heterocycles. The maximum atomic E-state index is 12.1. The number of aliphatic carboxylic acids is 1. The Bertz CT molecular complexity index is 473. The van der Waals surface area contributed by atoms with E-state index in [9.17, 15) is 9.59 Å². The first kappa shape index (κ1) is 13.3. The Morgan fingerprint density at radius 2 is 2.42 bits per heavy atom. The van der Waals surface area contributed by atoms with E-state index in [-0.39, 0.29) is 19.1 Å². The Hall–Kier alpha value is -2.09. The zero-order valence-corrected chi connectivity index (χ0v) is 10.6. The Morgan fingerprint density at radius 1 is 1.63 bits per heavy atom. The molecule has 1 aliphatic heterocycles. The van der Waals surface area contributed by atoms with Gasteiger partial charge in [0, 0.05) is 19.8 Å². The maximum Gasteiger partial charge on any atom is 0.322 e. The highest BCUT2D eigenvalue weighted by molar-refractivity contribution is 5.89. The van der Waals surface area contributed by atoms with Gasteiger partial charge in [-0.05, 0) is 0 Å². The fraction of sp³-hybridized carbons (Fsp3) is 0.545. The average molecular weight is 268 g/mol. The number of aryl methyl sites for hydroxylation is 1. The molecule has 2 rings (SSSR count). The maximum absolute atomic E-state index is 12.1. The van der Waals surface area contributed by atoms with Gasteiger partial charge in [0.05, 0.1) is 37.6 Å². The van der Waals surface area contributed by atoms with Gasteiger partial charge in [-0.25, -0.2) is 4.79 Å². The molecule has 0 aromatic carbocycles. The zero-order valence-electron chi connectivity index (χ0n) is 10.6. The molecule has 2 amide bonds. The Labute approximate surface area is 109 Å². The molecule has 1 aromatic rings. The molecule has 0 bridgehead atoms. The van der Waals surface area contributed by atoms with Gasteiger partial charge in [-0.1, -0.05) is 0 Å². The van der Waals surface area contributed by atoms with E-state index in [2.05, 4.69) is 10.4 Å². The SMILES string of the molecule is Cn1cc(NC(=O)N2CCOCC2CC(=O)O)cn1. The number of hydrogen-bond donors (Lipinski definition) is 2. The van der Waals surface area contributed by atoms with Crippen molar-refractivity contribution < 1.29 is 19.4 Å². The molecule has 104 valence electrons. The molecule has 1 aliphatic rings. The third-order valence-electron chi connectivity index (χ3n) is 2.85. The molecule has 2 N–H and O–H groups in total. The monoisotopic (exact) mass is 268 g/mol. The number of anilines is 1. The number of carbonyl (C=O) groups is 2. The van der Waals surface area contributed by atoms with Crippen molar-refractivity contribution in [1.29, 1.82) is 0 Å². The highest BCUT2D eigenvalue weighted by atomic mass is 16.5. The van der Waals surface area contributed by atoms with Crippen LogP contribution in [0.4, 0.5) is 10.5 Å². The molecule has 0 radical (unpaired) electrons. The first-order valence-electron chi connectivity index (χ1n) is 5.92. The Morgan fingerprint density at radius 3 is 3.05 bits per heavy atom. The standard InChI is InChI=1S/C11H16N4O4/c1-14-6-8(5-12-14)13-11(18)15-2-3-19-7-9(15)4-10(16)17/h5-6,9H,2-4,7H2,1H3,(H,13,18)(H,16,17). The fourth-order valence-corrected chi connectivity index (χ4v) is 1.97. The number of amides is 2. The van der Waals surface area contributed by atoms with Gasteiger partial charge in [-0.2, -0.15) is 5.10 Å². The van der Waals surface area contributed by atoms with Gasteiger partial charge in [0.25, 0.3) is 0 Å². The van der Waals surface area contributed by atoms with Crippen molar-refractivity contribution in [3.63, 3.8) is 0 Å². The van der Waals surface area contributed by atoms with Crippen LogP contribution in [0.3, 0.4) is 0 Å². The minimum Gasteiger partial charge on any atom is -0.481 e. The lowest BCUT2D eigenvalue weighted by Gasteiger charge is -2.34. The smallest absolute Gasteiger partial charge is 0.322 e. The van der Waals surface area contributed by atoms with Crippen LogP contribution < -0.4 is 5.32 Å². The summed E-state index contributed by atoms with van der Waals surface area (Å²) >= 11 is 0. The van der Waals surface area contributed by atoms with Crippen molar-refractivity contribution in [2.75, 3.05) is 25.1 Å². The molecule has 1 unspecified atom stereocenters. The molecular formula is C11H16N4O4. The van der Waals surface area contributed by atoms with Gasteiger partial charge in [0.1, 0.15) is 0 Å². The van der Waals surface area contributed by atoms with E-state index in [1.54, 1.807) is 17.9 Å². The van der Waals surface area contributed by atoms with Crippen molar-refractivity contribution in [3.8, 4) is 0 Å². The number of carbonyl (C=O) groups excluding carboxylic acids is 1. The summed E-state index contributed by atoms with van der Waals surface area (Å²) in [6, 6.07) is -0.773. The summed E-state index contributed by atoms with van der Waals surface area (Å²) in [7, 11) is 1.75. The largest absolute Gasteiger partial charge is 0.481 e. The van der Waals surface area contributed by atoms with E-state index >= 15 is 0 Å². The van der Waals surface area contributed by atoms with Crippen molar-refractivity contribution in [3.05, 3.63) is 12.4 Å². The quantitative estimate of drug-likeness (QED) is 0.812. The van der Waals surface area contributed by atoms with Crippen LogP contribution >= 0.6 is 0 Å². The molecule has 1 fully saturated rings. The number of carboxylic acid groups (broad SMARTS) is 1. The summed E-state index contributed by atoms with van der Waals surface area (Å²) in [5.41, 5.74) is 0.577. The van der Waals surface area contributed by atoms with Gasteiger partial charge in [-0.15, -0.1) is 0 Å². The van der Waals surface area contributed by atoms with Crippen LogP contribution in [0.1, 0.15) is 6.42 Å². The fourth-order valence-electron chi connectivity index (χ4n) is 1.97. The van der Waals surface area contributed by atoms with Crippen molar-refractivity contribution >= 4 is 17.7 Å². The lowest BCUT2D eigenvalue weighted by Crippen LogP contribution is -2.51. The third kappa shape index (κ3) is 3.44. The van der Waals surface area contributed by atoms with Crippen LogP contribution in [-0.4, -0.2) is 57.6 Å². The van der Waals surface area contributed by atoms with Gasteiger partial charge in [0.15, 0.2) is 0 Å². The van der Waals surface area contributed by atoms with Crippen LogP contribution in [0.25, 0.3) is 0 Å². The molecule has 8 nitrogen and oxygen atoms in total. The molecule has 0 aliphatic carbocycles. The second-order valence-electron chi connectivity index (χ2n) is 4.35. The summed E-state index contributed by atoms with van der Waals surface area (Å²) in [4.78, 5) is 24.4. The number of nitrogens with one attached hydrogen (secondary N) is 1. The highest BCUT2D eigenvalue weighted by Gasteiger charge is 2.29. The van der Waals surface area contributed by atoms with Crippen molar-refractivity contribution in [2.24, 2.45) is 7.05 Å². The average Bonchev–Trinajstić information content (AvgIpc) is 2.74. The van der Waals surface area contributed by atoms with Crippen molar-refractivity contribution in [2.45, 2.75) is 12.5 Å². The molecule has 8 heteroatoms. The molecule has 2 heterocycles.